The molecule has 152 valence electrons. The van der Waals surface area contributed by atoms with Gasteiger partial charge in [0.2, 0.25) is 0 Å². The molecule has 0 saturated heterocycles. The number of imidazole rings is 1. The number of hydrogen-bond donors (Lipinski definition) is 2. The summed E-state index contributed by atoms with van der Waals surface area (Å²) in [7, 11) is 0. The van der Waals surface area contributed by atoms with Crippen molar-refractivity contribution < 1.29 is 5.11 Å². The summed E-state index contributed by atoms with van der Waals surface area (Å²) in [6.07, 6.45) is 6.15. The zero-order valence-corrected chi connectivity index (χ0v) is 16.9. The van der Waals surface area contributed by atoms with Crippen LogP contribution in [-0.4, -0.2) is 51.8 Å². The number of aromatic nitrogens is 7. The molecular formula is C20H21N9O. The number of nitrogens with one attached hydrogen (secondary N) is 1. The Morgan fingerprint density at radius 3 is 2.73 bits per heavy atom. The summed E-state index contributed by atoms with van der Waals surface area (Å²) in [5.41, 5.74) is 4.00. The Morgan fingerprint density at radius 2 is 2.00 bits per heavy atom. The minimum Gasteiger partial charge on any atom is -0.391 e. The van der Waals surface area contributed by atoms with Gasteiger partial charge in [-0.2, -0.15) is 5.26 Å². The first kappa shape index (κ1) is 19.5. The van der Waals surface area contributed by atoms with Crippen molar-refractivity contribution in [2.75, 3.05) is 5.32 Å². The molecule has 30 heavy (non-hydrogen) atoms. The van der Waals surface area contributed by atoms with Crippen molar-refractivity contribution >= 4 is 16.9 Å². The zero-order valence-electron chi connectivity index (χ0n) is 16.9. The van der Waals surface area contributed by atoms with Crippen LogP contribution in [-0.2, 0) is 6.54 Å². The number of aliphatic hydroxyl groups is 1. The van der Waals surface area contributed by atoms with Crippen LogP contribution in [0.1, 0.15) is 26.3 Å². The van der Waals surface area contributed by atoms with Crippen LogP contribution >= 0.6 is 0 Å². The lowest BCUT2D eigenvalue weighted by Crippen LogP contribution is -2.12. The van der Waals surface area contributed by atoms with E-state index in [1.165, 1.54) is 6.20 Å². The highest BCUT2D eigenvalue weighted by atomic mass is 16.3. The standard InChI is InChI=1S/C20H21N9O/c1-12(2)25-16-5-19(29-11-24-17-4-14(6-21)7-23-20(17)29)22-8-15(16)18-10-28(27-26-18)9-13(3)30/h4-5,7-8,10-13,30H,9H2,1-3H3,(H,22,25)/t13-/m0/s1. The molecule has 0 aliphatic heterocycles. The molecule has 4 heterocycles. The fraction of sp³-hybridized carbons (Fsp3) is 0.300. The molecule has 4 aromatic heterocycles. The minimum atomic E-state index is -0.517. The van der Waals surface area contributed by atoms with Crippen molar-refractivity contribution in [3.8, 4) is 23.1 Å². The topological polar surface area (TPSA) is 130 Å². The molecule has 4 aromatic rings. The molecule has 10 nitrogen and oxygen atoms in total. The maximum absolute atomic E-state index is 9.58. The SMILES string of the molecule is CC(C)Nc1cc(-n2cnc3cc(C#N)cnc32)ncc1-c1cn(C[C@H](C)O)nn1. The van der Waals surface area contributed by atoms with Gasteiger partial charge < -0.3 is 10.4 Å². The molecule has 0 aliphatic carbocycles. The van der Waals surface area contributed by atoms with Gasteiger partial charge in [-0.05, 0) is 26.8 Å². The second-order valence-corrected chi connectivity index (χ2v) is 7.36. The van der Waals surface area contributed by atoms with E-state index in [1.807, 2.05) is 19.9 Å². The molecule has 0 aromatic carbocycles. The average Bonchev–Trinajstić information content (AvgIpc) is 3.33. The molecule has 1 atom stereocenters. The van der Waals surface area contributed by atoms with Crippen LogP contribution in [0.2, 0.25) is 0 Å². The first-order valence-corrected chi connectivity index (χ1v) is 9.53. The van der Waals surface area contributed by atoms with E-state index < -0.39 is 6.10 Å². The summed E-state index contributed by atoms with van der Waals surface area (Å²) in [6.45, 7) is 6.16. The molecule has 0 spiro atoms. The van der Waals surface area contributed by atoms with Crippen molar-refractivity contribution in [1.82, 2.24) is 34.5 Å². The molecule has 0 fully saturated rings. The molecule has 10 heteroatoms. The predicted octanol–water partition coefficient (Wildman–Crippen LogP) is 2.15. The zero-order chi connectivity index (χ0) is 21.3. The summed E-state index contributed by atoms with van der Waals surface area (Å²) in [5, 5.41) is 30.4. The van der Waals surface area contributed by atoms with Crippen LogP contribution in [0.3, 0.4) is 0 Å². The number of anilines is 1. The van der Waals surface area contributed by atoms with Crippen molar-refractivity contribution in [3.63, 3.8) is 0 Å². The summed E-state index contributed by atoms with van der Waals surface area (Å²) in [6, 6.07) is 5.86. The number of rotatable bonds is 6. The van der Waals surface area contributed by atoms with Crippen LogP contribution in [0.25, 0.3) is 28.2 Å². The van der Waals surface area contributed by atoms with E-state index in [-0.39, 0.29) is 6.04 Å². The average molecular weight is 403 g/mol. The molecule has 0 amide bonds. The first-order valence-electron chi connectivity index (χ1n) is 9.53. The van der Waals surface area contributed by atoms with E-state index in [0.717, 1.165) is 11.3 Å². The number of aliphatic hydroxyl groups excluding tert-OH is 1. The fourth-order valence-electron chi connectivity index (χ4n) is 3.12. The number of fused-ring (bicyclic) bond motifs is 1. The lowest BCUT2D eigenvalue weighted by atomic mass is 10.1. The quantitative estimate of drug-likeness (QED) is 0.501. The molecule has 0 bridgehead atoms. The van der Waals surface area contributed by atoms with E-state index >= 15 is 0 Å². The Hall–Kier alpha value is -3.84. The highest BCUT2D eigenvalue weighted by molar-refractivity contribution is 5.78. The number of hydrogen-bond acceptors (Lipinski definition) is 8. The Bertz CT molecular complexity index is 1230. The summed E-state index contributed by atoms with van der Waals surface area (Å²) >= 11 is 0. The van der Waals surface area contributed by atoms with Crippen LogP contribution in [0, 0.1) is 11.3 Å². The van der Waals surface area contributed by atoms with Crippen LogP contribution in [0.5, 0.6) is 0 Å². The smallest absolute Gasteiger partial charge is 0.165 e. The Labute approximate surface area is 172 Å². The largest absolute Gasteiger partial charge is 0.391 e. The van der Waals surface area contributed by atoms with E-state index in [4.69, 9.17) is 5.26 Å². The van der Waals surface area contributed by atoms with Crippen molar-refractivity contribution in [2.24, 2.45) is 0 Å². The number of pyridine rings is 2. The van der Waals surface area contributed by atoms with Gasteiger partial charge in [0.1, 0.15) is 29.4 Å². The molecule has 0 saturated carbocycles. The molecule has 0 unspecified atom stereocenters. The van der Waals surface area contributed by atoms with Crippen LogP contribution < -0.4 is 5.32 Å². The van der Waals surface area contributed by atoms with Crippen LogP contribution in [0.15, 0.2) is 37.1 Å². The number of nitriles is 1. The molecule has 0 radical (unpaired) electrons. The molecule has 4 rings (SSSR count). The lowest BCUT2D eigenvalue weighted by molar-refractivity contribution is 0.167. The van der Waals surface area contributed by atoms with E-state index in [0.29, 0.717) is 34.8 Å². The number of nitrogens with zero attached hydrogens (tertiary/aromatic N) is 8. The van der Waals surface area contributed by atoms with Crippen molar-refractivity contribution in [3.05, 3.63) is 42.6 Å². The lowest BCUT2D eigenvalue weighted by Gasteiger charge is -2.15. The predicted molar refractivity (Wildman–Crippen MR) is 111 cm³/mol. The first-order chi connectivity index (χ1) is 14.4. The fourth-order valence-corrected chi connectivity index (χ4v) is 3.12. The summed E-state index contributed by atoms with van der Waals surface area (Å²) in [4.78, 5) is 13.3. The highest BCUT2D eigenvalue weighted by Gasteiger charge is 2.15. The maximum Gasteiger partial charge on any atom is 0.165 e. The highest BCUT2D eigenvalue weighted by Crippen LogP contribution is 2.29. The third kappa shape index (κ3) is 3.83. The van der Waals surface area contributed by atoms with Gasteiger partial charge >= 0.3 is 0 Å². The molecule has 2 N–H and O–H groups in total. The van der Waals surface area contributed by atoms with Gasteiger partial charge in [0, 0.05) is 35.8 Å². The molecule has 0 aliphatic rings. The Morgan fingerprint density at radius 1 is 1.17 bits per heavy atom. The molecular weight excluding hydrogens is 382 g/mol. The van der Waals surface area contributed by atoms with Crippen molar-refractivity contribution in [1.29, 1.82) is 5.26 Å². The minimum absolute atomic E-state index is 0.183. The Balaban J connectivity index is 1.77. The van der Waals surface area contributed by atoms with E-state index in [1.54, 1.807) is 41.0 Å². The maximum atomic E-state index is 9.58. The summed E-state index contributed by atoms with van der Waals surface area (Å²) < 4.78 is 3.38. The van der Waals surface area contributed by atoms with Gasteiger partial charge in [0.25, 0.3) is 0 Å². The third-order valence-corrected chi connectivity index (χ3v) is 4.36. The Kier molecular flexibility index (Phi) is 5.12. The van der Waals surface area contributed by atoms with Gasteiger partial charge in [-0.1, -0.05) is 5.21 Å². The van der Waals surface area contributed by atoms with Crippen LogP contribution in [0.4, 0.5) is 5.69 Å². The monoisotopic (exact) mass is 403 g/mol. The van der Waals surface area contributed by atoms with E-state index in [2.05, 4.69) is 36.7 Å². The summed E-state index contributed by atoms with van der Waals surface area (Å²) in [5.74, 6) is 0.637. The third-order valence-electron chi connectivity index (χ3n) is 4.36. The second-order valence-electron chi connectivity index (χ2n) is 7.36. The normalized spacial score (nSPS) is 12.3. The van der Waals surface area contributed by atoms with Gasteiger partial charge in [-0.15, -0.1) is 5.10 Å². The van der Waals surface area contributed by atoms with Gasteiger partial charge in [-0.25, -0.2) is 19.6 Å². The van der Waals surface area contributed by atoms with Crippen molar-refractivity contribution in [2.45, 2.75) is 39.5 Å². The van der Waals surface area contributed by atoms with E-state index in [9.17, 15) is 5.11 Å². The second kappa shape index (κ2) is 7.88. The van der Waals surface area contributed by atoms with Gasteiger partial charge in [0.05, 0.1) is 24.4 Å². The van der Waals surface area contributed by atoms with Gasteiger partial charge in [0.15, 0.2) is 5.65 Å². The van der Waals surface area contributed by atoms with Gasteiger partial charge in [-0.3, -0.25) is 4.57 Å².